The molecule has 0 aliphatic heterocycles. The van der Waals surface area contributed by atoms with E-state index < -0.39 is 48.4 Å². The lowest BCUT2D eigenvalue weighted by atomic mass is 9.94. The normalized spacial score (nSPS) is 16.5. The molecule has 6 N–H and O–H groups in total. The Kier molecular flexibility index (Phi) is 10.5. The Morgan fingerprint density at radius 3 is 1.65 bits per heavy atom. The third-order valence-electron chi connectivity index (χ3n) is 4.41. The van der Waals surface area contributed by atoms with Gasteiger partial charge in [0, 0.05) is 0 Å². The van der Waals surface area contributed by atoms with Gasteiger partial charge in [-0.25, -0.2) is 0 Å². The van der Waals surface area contributed by atoms with Gasteiger partial charge in [-0.3, -0.25) is 19.2 Å². The predicted octanol–water partition coefficient (Wildman–Crippen LogP) is -0.404. The molecule has 0 aliphatic rings. The average Bonchev–Trinajstić information content (AvgIpc) is 2.59. The largest absolute Gasteiger partial charge is 0.480 e. The van der Waals surface area contributed by atoms with E-state index >= 15 is 0 Å². The van der Waals surface area contributed by atoms with Gasteiger partial charge in [0.05, 0.1) is 6.04 Å². The van der Waals surface area contributed by atoms with Crippen LogP contribution >= 0.6 is 0 Å². The summed E-state index contributed by atoms with van der Waals surface area (Å²) in [5.74, 6) is -3.08. The molecule has 0 saturated carbocycles. The maximum absolute atomic E-state index is 12.7. The first-order valence-corrected chi connectivity index (χ1v) is 8.90. The van der Waals surface area contributed by atoms with Crippen molar-refractivity contribution >= 4 is 23.7 Å². The molecular weight excluding hydrogens is 340 g/mol. The van der Waals surface area contributed by atoms with Crippen molar-refractivity contribution in [2.24, 2.45) is 17.6 Å². The SMILES string of the molecule is CCC(C)C(NC(=O)C(C)N)C(=O)NC(C(=O)NCC(=O)O)C(C)CC. The molecule has 3 amide bonds. The Balaban J connectivity index is 5.28. The summed E-state index contributed by atoms with van der Waals surface area (Å²) in [6, 6.07) is -2.50. The number of carbonyl (C=O) groups is 4. The monoisotopic (exact) mass is 372 g/mol. The number of nitrogens with one attached hydrogen (secondary N) is 3. The van der Waals surface area contributed by atoms with Gasteiger partial charge in [-0.15, -0.1) is 0 Å². The second-order valence-electron chi connectivity index (χ2n) is 6.64. The van der Waals surface area contributed by atoms with Crippen molar-refractivity contribution in [3.8, 4) is 0 Å². The van der Waals surface area contributed by atoms with E-state index in [0.717, 1.165) is 0 Å². The van der Waals surface area contributed by atoms with Gasteiger partial charge in [-0.1, -0.05) is 40.5 Å². The lowest BCUT2D eigenvalue weighted by Crippen LogP contribution is -2.58. The summed E-state index contributed by atoms with van der Waals surface area (Å²) in [5.41, 5.74) is 5.55. The van der Waals surface area contributed by atoms with Crippen molar-refractivity contribution < 1.29 is 24.3 Å². The maximum Gasteiger partial charge on any atom is 0.322 e. The first kappa shape index (κ1) is 23.8. The molecular formula is C17H32N4O5. The van der Waals surface area contributed by atoms with Crippen LogP contribution in [0.3, 0.4) is 0 Å². The Morgan fingerprint density at radius 1 is 0.846 bits per heavy atom. The summed E-state index contributed by atoms with van der Waals surface area (Å²) < 4.78 is 0. The lowest BCUT2D eigenvalue weighted by Gasteiger charge is -2.29. The molecule has 0 fully saturated rings. The van der Waals surface area contributed by atoms with E-state index in [0.29, 0.717) is 12.8 Å². The highest BCUT2D eigenvalue weighted by Crippen LogP contribution is 2.12. The molecule has 150 valence electrons. The molecule has 26 heavy (non-hydrogen) atoms. The van der Waals surface area contributed by atoms with Gasteiger partial charge in [-0.2, -0.15) is 0 Å². The molecule has 0 saturated heterocycles. The Labute approximate surface area is 154 Å². The van der Waals surface area contributed by atoms with Crippen molar-refractivity contribution in [1.29, 1.82) is 0 Å². The summed E-state index contributed by atoms with van der Waals surface area (Å²) >= 11 is 0. The first-order valence-electron chi connectivity index (χ1n) is 8.90. The van der Waals surface area contributed by atoms with Gasteiger partial charge in [-0.05, 0) is 18.8 Å². The van der Waals surface area contributed by atoms with Crippen LogP contribution in [0.2, 0.25) is 0 Å². The van der Waals surface area contributed by atoms with Crippen molar-refractivity contribution in [1.82, 2.24) is 16.0 Å². The number of carbonyl (C=O) groups excluding carboxylic acids is 3. The van der Waals surface area contributed by atoms with Gasteiger partial charge in [0.15, 0.2) is 0 Å². The van der Waals surface area contributed by atoms with E-state index in [2.05, 4.69) is 16.0 Å². The topological polar surface area (TPSA) is 151 Å². The minimum atomic E-state index is -1.17. The molecule has 0 heterocycles. The molecule has 5 unspecified atom stereocenters. The second kappa shape index (κ2) is 11.5. The van der Waals surface area contributed by atoms with Gasteiger partial charge in [0.25, 0.3) is 0 Å². The quantitative estimate of drug-likeness (QED) is 0.333. The first-order chi connectivity index (χ1) is 12.0. The standard InChI is InChI=1S/C17H32N4O5/c1-6-9(3)13(16(25)19-8-12(22)23)21-17(26)14(10(4)7-2)20-15(24)11(5)18/h9-11,13-14H,6-8,18H2,1-5H3,(H,19,25)(H,20,24)(H,21,26)(H,22,23). The predicted molar refractivity (Wildman–Crippen MR) is 97.1 cm³/mol. The molecule has 5 atom stereocenters. The third kappa shape index (κ3) is 7.81. The molecule has 0 bridgehead atoms. The van der Waals surface area contributed by atoms with E-state index in [1.54, 1.807) is 6.92 Å². The van der Waals surface area contributed by atoms with Crippen LogP contribution in [0.5, 0.6) is 0 Å². The number of hydrogen-bond donors (Lipinski definition) is 5. The number of carboxylic acid groups (broad SMARTS) is 1. The minimum absolute atomic E-state index is 0.169. The zero-order valence-electron chi connectivity index (χ0n) is 16.2. The van der Waals surface area contributed by atoms with Crippen LogP contribution in [0, 0.1) is 11.8 Å². The fourth-order valence-corrected chi connectivity index (χ4v) is 2.20. The highest BCUT2D eigenvalue weighted by atomic mass is 16.4. The van der Waals surface area contributed by atoms with E-state index in [1.165, 1.54) is 6.92 Å². The number of aliphatic carboxylic acids is 1. The summed E-state index contributed by atoms with van der Waals surface area (Å²) in [6.07, 6.45) is 1.24. The number of hydrogen-bond acceptors (Lipinski definition) is 5. The lowest BCUT2D eigenvalue weighted by molar-refractivity contribution is -0.139. The molecule has 9 heteroatoms. The average molecular weight is 372 g/mol. The van der Waals surface area contributed by atoms with Gasteiger partial charge in [0.2, 0.25) is 17.7 Å². The number of rotatable bonds is 11. The van der Waals surface area contributed by atoms with Crippen LogP contribution in [0.25, 0.3) is 0 Å². The van der Waals surface area contributed by atoms with E-state index in [4.69, 9.17) is 10.8 Å². The van der Waals surface area contributed by atoms with Gasteiger partial charge >= 0.3 is 5.97 Å². The highest BCUT2D eigenvalue weighted by Gasteiger charge is 2.32. The number of amides is 3. The number of nitrogens with two attached hydrogens (primary N) is 1. The maximum atomic E-state index is 12.7. The van der Waals surface area contributed by atoms with Crippen LogP contribution < -0.4 is 21.7 Å². The molecule has 9 nitrogen and oxygen atoms in total. The zero-order chi connectivity index (χ0) is 20.4. The Morgan fingerprint density at radius 2 is 1.27 bits per heavy atom. The molecule has 0 spiro atoms. The summed E-state index contributed by atoms with van der Waals surface area (Å²) in [7, 11) is 0. The summed E-state index contributed by atoms with van der Waals surface area (Å²) in [4.78, 5) is 47.5. The molecule has 0 aliphatic carbocycles. The van der Waals surface area contributed by atoms with Crippen molar-refractivity contribution in [2.45, 2.75) is 65.6 Å². The van der Waals surface area contributed by atoms with Crippen molar-refractivity contribution in [2.75, 3.05) is 6.54 Å². The second-order valence-corrected chi connectivity index (χ2v) is 6.64. The van der Waals surface area contributed by atoms with Gasteiger partial charge < -0.3 is 26.8 Å². The Bertz CT molecular complexity index is 509. The van der Waals surface area contributed by atoms with E-state index in [-0.39, 0.29) is 11.8 Å². The highest BCUT2D eigenvalue weighted by molar-refractivity contribution is 5.93. The fourth-order valence-electron chi connectivity index (χ4n) is 2.20. The van der Waals surface area contributed by atoms with Crippen LogP contribution in [0.1, 0.15) is 47.5 Å². The van der Waals surface area contributed by atoms with Crippen LogP contribution in [-0.2, 0) is 19.2 Å². The third-order valence-corrected chi connectivity index (χ3v) is 4.41. The van der Waals surface area contributed by atoms with Crippen LogP contribution in [0.15, 0.2) is 0 Å². The molecule has 0 aromatic carbocycles. The smallest absolute Gasteiger partial charge is 0.322 e. The molecule has 0 aromatic heterocycles. The van der Waals surface area contributed by atoms with Crippen molar-refractivity contribution in [3.63, 3.8) is 0 Å². The van der Waals surface area contributed by atoms with E-state index in [9.17, 15) is 19.2 Å². The zero-order valence-corrected chi connectivity index (χ0v) is 16.2. The number of carboxylic acids is 1. The van der Waals surface area contributed by atoms with Crippen LogP contribution in [-0.4, -0.2) is 53.5 Å². The van der Waals surface area contributed by atoms with Gasteiger partial charge in [0.1, 0.15) is 18.6 Å². The summed E-state index contributed by atoms with van der Waals surface area (Å²) in [6.45, 7) is 8.33. The van der Waals surface area contributed by atoms with Crippen molar-refractivity contribution in [3.05, 3.63) is 0 Å². The molecule has 0 aromatic rings. The summed E-state index contributed by atoms with van der Waals surface area (Å²) in [5, 5.41) is 16.3. The molecule has 0 radical (unpaired) electrons. The van der Waals surface area contributed by atoms with E-state index in [1.807, 2.05) is 20.8 Å². The molecule has 0 rings (SSSR count). The minimum Gasteiger partial charge on any atom is -0.480 e. The fraction of sp³-hybridized carbons (Fsp3) is 0.765. The Hall–Kier alpha value is -2.16. The van der Waals surface area contributed by atoms with Crippen LogP contribution in [0.4, 0.5) is 0 Å².